The first-order valence-corrected chi connectivity index (χ1v) is 8.91. The number of hydrogen-bond acceptors (Lipinski definition) is 4. The standard InChI is InChI=1S/C21H22O4/c1-12(22)25-18-9-14-10-21(14)17-7-4-13-8-15(23-3)5-6-16(13)19(17)24-11-20(18,21)2/h4-8,14,18H,9-11H2,1-3H3/t14?,18?,20-,21?/m1/s1. The van der Waals surface area contributed by atoms with Crippen molar-refractivity contribution >= 4 is 16.7 Å². The van der Waals surface area contributed by atoms with Crippen LogP contribution in [-0.2, 0) is 14.9 Å². The van der Waals surface area contributed by atoms with E-state index >= 15 is 0 Å². The lowest BCUT2D eigenvalue weighted by Gasteiger charge is -2.44. The van der Waals surface area contributed by atoms with E-state index in [0.717, 1.165) is 28.7 Å². The molecule has 0 N–H and O–H groups in total. The van der Waals surface area contributed by atoms with Crippen LogP contribution in [0.1, 0.15) is 32.3 Å². The predicted molar refractivity (Wildman–Crippen MR) is 94.1 cm³/mol. The molecule has 3 aliphatic rings. The first-order chi connectivity index (χ1) is 12.0. The molecule has 25 heavy (non-hydrogen) atoms. The maximum Gasteiger partial charge on any atom is 0.302 e. The molecule has 2 aromatic rings. The second-order valence-electron chi connectivity index (χ2n) is 7.94. The molecule has 4 nitrogen and oxygen atoms in total. The third-order valence-electron chi connectivity index (χ3n) is 6.82. The Morgan fingerprint density at radius 1 is 1.28 bits per heavy atom. The Bertz CT molecular complexity index is 904. The molecule has 0 aromatic heterocycles. The minimum atomic E-state index is -0.195. The van der Waals surface area contributed by atoms with Gasteiger partial charge < -0.3 is 14.2 Å². The number of fused-ring (bicyclic) bond motifs is 3. The van der Waals surface area contributed by atoms with Crippen molar-refractivity contribution in [3.05, 3.63) is 35.9 Å². The zero-order valence-electron chi connectivity index (χ0n) is 14.8. The molecule has 2 fully saturated rings. The molecule has 1 aliphatic heterocycles. The monoisotopic (exact) mass is 338 g/mol. The van der Waals surface area contributed by atoms with Gasteiger partial charge in [0.25, 0.3) is 0 Å². The van der Waals surface area contributed by atoms with Crippen LogP contribution in [-0.4, -0.2) is 25.8 Å². The van der Waals surface area contributed by atoms with Crippen LogP contribution in [0.25, 0.3) is 10.8 Å². The molecule has 2 aliphatic carbocycles. The largest absolute Gasteiger partial charge is 0.497 e. The Morgan fingerprint density at radius 2 is 2.12 bits per heavy atom. The lowest BCUT2D eigenvalue weighted by Crippen LogP contribution is -2.48. The molecule has 3 unspecified atom stereocenters. The van der Waals surface area contributed by atoms with E-state index in [9.17, 15) is 4.79 Å². The third kappa shape index (κ3) is 1.75. The SMILES string of the molecule is COc1ccc2c3c(ccc2c1)C12CC1CC(OC(C)=O)[C@@]2(C)CO3. The molecular formula is C21H22O4. The van der Waals surface area contributed by atoms with Crippen molar-refractivity contribution < 1.29 is 19.0 Å². The summed E-state index contributed by atoms with van der Waals surface area (Å²) < 4.78 is 17.3. The van der Waals surface area contributed by atoms with Crippen molar-refractivity contribution in [2.24, 2.45) is 11.3 Å². The molecule has 4 atom stereocenters. The number of ether oxygens (including phenoxy) is 3. The van der Waals surface area contributed by atoms with Gasteiger partial charge in [-0.2, -0.15) is 0 Å². The number of carbonyl (C=O) groups is 1. The van der Waals surface area contributed by atoms with Crippen molar-refractivity contribution in [3.8, 4) is 11.5 Å². The number of hydrogen-bond donors (Lipinski definition) is 0. The summed E-state index contributed by atoms with van der Waals surface area (Å²) in [6.07, 6.45) is 2.06. The first kappa shape index (κ1) is 15.1. The van der Waals surface area contributed by atoms with Gasteiger partial charge in [-0.15, -0.1) is 0 Å². The van der Waals surface area contributed by atoms with E-state index in [4.69, 9.17) is 14.2 Å². The Hall–Kier alpha value is -2.23. The normalized spacial score (nSPS) is 34.5. The van der Waals surface area contributed by atoms with Crippen LogP contribution in [0.2, 0.25) is 0 Å². The van der Waals surface area contributed by atoms with Gasteiger partial charge in [0, 0.05) is 28.7 Å². The van der Waals surface area contributed by atoms with E-state index in [0.29, 0.717) is 12.5 Å². The molecule has 4 heteroatoms. The average molecular weight is 338 g/mol. The average Bonchev–Trinajstić information content (AvgIpc) is 3.26. The summed E-state index contributed by atoms with van der Waals surface area (Å²) in [5.74, 6) is 2.24. The number of rotatable bonds is 2. The van der Waals surface area contributed by atoms with E-state index in [-0.39, 0.29) is 22.9 Å². The summed E-state index contributed by atoms with van der Waals surface area (Å²) in [4.78, 5) is 11.5. The van der Waals surface area contributed by atoms with Crippen molar-refractivity contribution in [2.45, 2.75) is 38.2 Å². The summed E-state index contributed by atoms with van der Waals surface area (Å²) in [6.45, 7) is 4.33. The van der Waals surface area contributed by atoms with Crippen molar-refractivity contribution in [3.63, 3.8) is 0 Å². The Morgan fingerprint density at radius 3 is 2.88 bits per heavy atom. The Kier molecular flexibility index (Phi) is 2.82. The third-order valence-corrected chi connectivity index (χ3v) is 6.82. The lowest BCUT2D eigenvalue weighted by atomic mass is 9.68. The number of carbonyl (C=O) groups excluding carboxylic acids is 1. The molecular weight excluding hydrogens is 316 g/mol. The van der Waals surface area contributed by atoms with Gasteiger partial charge in [0.1, 0.15) is 17.6 Å². The second-order valence-corrected chi connectivity index (χ2v) is 7.94. The summed E-state index contributed by atoms with van der Waals surface area (Å²) in [7, 11) is 1.68. The highest BCUT2D eigenvalue weighted by molar-refractivity contribution is 5.91. The maximum absolute atomic E-state index is 11.5. The van der Waals surface area contributed by atoms with Crippen LogP contribution in [0.15, 0.2) is 30.3 Å². The molecule has 5 rings (SSSR count). The van der Waals surface area contributed by atoms with E-state index < -0.39 is 0 Å². The molecule has 2 aromatic carbocycles. The van der Waals surface area contributed by atoms with Gasteiger partial charge in [0.2, 0.25) is 0 Å². The highest BCUT2D eigenvalue weighted by atomic mass is 16.5. The van der Waals surface area contributed by atoms with Gasteiger partial charge in [-0.05, 0) is 42.3 Å². The number of esters is 1. The first-order valence-electron chi connectivity index (χ1n) is 8.91. The van der Waals surface area contributed by atoms with Gasteiger partial charge in [0.05, 0.1) is 13.7 Å². The Balaban J connectivity index is 1.65. The van der Waals surface area contributed by atoms with Crippen LogP contribution in [0.4, 0.5) is 0 Å². The smallest absolute Gasteiger partial charge is 0.302 e. The predicted octanol–water partition coefficient (Wildman–Crippen LogP) is 3.84. The van der Waals surface area contributed by atoms with Crippen molar-refractivity contribution in [2.75, 3.05) is 13.7 Å². The topological polar surface area (TPSA) is 44.8 Å². The molecule has 130 valence electrons. The summed E-state index contributed by atoms with van der Waals surface area (Å²) >= 11 is 0. The van der Waals surface area contributed by atoms with Crippen molar-refractivity contribution in [1.82, 2.24) is 0 Å². The van der Waals surface area contributed by atoms with Gasteiger partial charge in [-0.3, -0.25) is 4.79 Å². The molecule has 0 radical (unpaired) electrons. The van der Waals surface area contributed by atoms with E-state index in [2.05, 4.69) is 25.1 Å². The fourth-order valence-electron chi connectivity index (χ4n) is 5.49. The molecule has 0 amide bonds. The molecule has 0 bridgehead atoms. The molecule has 1 heterocycles. The summed E-state index contributed by atoms with van der Waals surface area (Å²) in [6, 6.07) is 10.5. The van der Waals surface area contributed by atoms with Gasteiger partial charge in [-0.25, -0.2) is 0 Å². The fraction of sp³-hybridized carbons (Fsp3) is 0.476. The Labute approximate surface area is 147 Å². The van der Waals surface area contributed by atoms with E-state index in [1.807, 2.05) is 12.1 Å². The van der Waals surface area contributed by atoms with Gasteiger partial charge >= 0.3 is 5.97 Å². The van der Waals surface area contributed by atoms with Crippen molar-refractivity contribution in [1.29, 1.82) is 0 Å². The highest BCUT2D eigenvalue weighted by Crippen LogP contribution is 2.76. The second kappa shape index (κ2) is 4.69. The maximum atomic E-state index is 11.5. The van der Waals surface area contributed by atoms with Gasteiger partial charge in [-0.1, -0.05) is 19.1 Å². The summed E-state index contributed by atoms with van der Waals surface area (Å²) in [5.41, 5.74) is 1.24. The van der Waals surface area contributed by atoms with Crippen LogP contribution >= 0.6 is 0 Å². The fourth-order valence-corrected chi connectivity index (χ4v) is 5.49. The highest BCUT2D eigenvalue weighted by Gasteiger charge is 2.76. The quantitative estimate of drug-likeness (QED) is 0.781. The zero-order chi connectivity index (χ0) is 17.4. The molecule has 2 saturated carbocycles. The van der Waals surface area contributed by atoms with Crippen LogP contribution in [0.5, 0.6) is 11.5 Å². The van der Waals surface area contributed by atoms with E-state index in [1.165, 1.54) is 18.9 Å². The van der Waals surface area contributed by atoms with Gasteiger partial charge in [0.15, 0.2) is 0 Å². The van der Waals surface area contributed by atoms with Crippen LogP contribution in [0, 0.1) is 11.3 Å². The van der Waals surface area contributed by atoms with Crippen LogP contribution in [0.3, 0.4) is 0 Å². The molecule has 0 saturated heterocycles. The number of benzene rings is 2. The minimum absolute atomic E-state index is 0.0523. The zero-order valence-corrected chi connectivity index (χ0v) is 14.8. The minimum Gasteiger partial charge on any atom is -0.497 e. The van der Waals surface area contributed by atoms with E-state index in [1.54, 1.807) is 7.11 Å². The lowest BCUT2D eigenvalue weighted by molar-refractivity contribution is -0.155. The van der Waals surface area contributed by atoms with Crippen LogP contribution < -0.4 is 9.47 Å². The number of methoxy groups -OCH3 is 1. The molecule has 1 spiro atoms. The summed E-state index contributed by atoms with van der Waals surface area (Å²) in [5, 5.41) is 2.26.